The normalized spacial score (nSPS) is 12.2. The zero-order valence-corrected chi connectivity index (χ0v) is 9.42. The number of hydrogen-bond acceptors (Lipinski definition) is 2. The molecular formula is C11H15ClN2O. The van der Waals surface area contributed by atoms with E-state index in [9.17, 15) is 4.79 Å². The minimum absolute atomic E-state index is 0.0535. The summed E-state index contributed by atoms with van der Waals surface area (Å²) in [6.45, 7) is 2.30. The van der Waals surface area contributed by atoms with Crippen molar-refractivity contribution >= 4 is 23.2 Å². The Hall–Kier alpha value is -1.06. The van der Waals surface area contributed by atoms with Gasteiger partial charge in [-0.2, -0.15) is 0 Å². The summed E-state index contributed by atoms with van der Waals surface area (Å²) in [4.78, 5) is 11.7. The maximum atomic E-state index is 11.7. The van der Waals surface area contributed by atoms with Crippen molar-refractivity contribution in [2.45, 2.75) is 13.3 Å². The van der Waals surface area contributed by atoms with Crippen LogP contribution < -0.4 is 11.1 Å². The zero-order valence-electron chi connectivity index (χ0n) is 8.66. The summed E-state index contributed by atoms with van der Waals surface area (Å²) in [6, 6.07) is 7.06. The molecule has 3 N–H and O–H groups in total. The molecule has 0 saturated carbocycles. The molecule has 1 amide bonds. The lowest BCUT2D eigenvalue weighted by Gasteiger charge is -2.12. The van der Waals surface area contributed by atoms with Gasteiger partial charge in [-0.1, -0.05) is 24.6 Å². The molecule has 1 aromatic rings. The lowest BCUT2D eigenvalue weighted by molar-refractivity contribution is -0.119. The number of amides is 1. The molecule has 0 aliphatic rings. The maximum absolute atomic E-state index is 11.7. The van der Waals surface area contributed by atoms with Gasteiger partial charge in [-0.25, -0.2) is 0 Å². The van der Waals surface area contributed by atoms with E-state index >= 15 is 0 Å². The van der Waals surface area contributed by atoms with Crippen LogP contribution in [0.3, 0.4) is 0 Å². The van der Waals surface area contributed by atoms with Gasteiger partial charge in [0.25, 0.3) is 0 Å². The molecule has 0 bridgehead atoms. The first-order valence-corrected chi connectivity index (χ1v) is 5.31. The Morgan fingerprint density at radius 3 is 2.87 bits per heavy atom. The van der Waals surface area contributed by atoms with Crippen LogP contribution in [-0.2, 0) is 4.79 Å². The second-order valence-electron chi connectivity index (χ2n) is 3.34. The fraction of sp³-hybridized carbons (Fsp3) is 0.364. The zero-order chi connectivity index (χ0) is 11.3. The molecule has 0 radical (unpaired) electrons. The smallest absolute Gasteiger partial charge is 0.228 e. The predicted octanol–water partition coefficient (Wildman–Crippen LogP) is 2.26. The van der Waals surface area contributed by atoms with Crippen molar-refractivity contribution in [3.8, 4) is 0 Å². The standard InChI is InChI=1S/C11H15ClN2O/c1-2-8(7-13)11(15)14-10-5-3-4-9(12)6-10/h3-6,8H,2,7,13H2,1H3,(H,14,15). The lowest BCUT2D eigenvalue weighted by Crippen LogP contribution is -2.28. The van der Waals surface area contributed by atoms with Crippen LogP contribution in [0.4, 0.5) is 5.69 Å². The molecular weight excluding hydrogens is 212 g/mol. The average molecular weight is 227 g/mol. The van der Waals surface area contributed by atoms with Gasteiger partial charge in [-0.3, -0.25) is 4.79 Å². The van der Waals surface area contributed by atoms with Crippen molar-refractivity contribution in [3.63, 3.8) is 0 Å². The second kappa shape index (κ2) is 5.73. The van der Waals surface area contributed by atoms with Gasteiger partial charge >= 0.3 is 0 Å². The third-order valence-electron chi connectivity index (χ3n) is 2.24. The van der Waals surface area contributed by atoms with Crippen LogP contribution in [0.25, 0.3) is 0 Å². The predicted molar refractivity (Wildman–Crippen MR) is 62.9 cm³/mol. The quantitative estimate of drug-likeness (QED) is 0.828. The van der Waals surface area contributed by atoms with Crippen LogP contribution in [0, 0.1) is 5.92 Å². The van der Waals surface area contributed by atoms with E-state index in [0.29, 0.717) is 17.3 Å². The number of nitrogens with two attached hydrogens (primary N) is 1. The molecule has 0 spiro atoms. The highest BCUT2D eigenvalue weighted by atomic mass is 35.5. The van der Waals surface area contributed by atoms with Crippen LogP contribution in [0.5, 0.6) is 0 Å². The molecule has 0 aliphatic heterocycles. The van der Waals surface area contributed by atoms with E-state index in [2.05, 4.69) is 5.32 Å². The van der Waals surface area contributed by atoms with Crippen molar-refractivity contribution in [1.82, 2.24) is 0 Å². The summed E-state index contributed by atoms with van der Waals surface area (Å²) < 4.78 is 0. The van der Waals surface area contributed by atoms with Crippen molar-refractivity contribution in [1.29, 1.82) is 0 Å². The third-order valence-corrected chi connectivity index (χ3v) is 2.48. The molecule has 1 rings (SSSR count). The van der Waals surface area contributed by atoms with Crippen molar-refractivity contribution in [2.75, 3.05) is 11.9 Å². The molecule has 15 heavy (non-hydrogen) atoms. The van der Waals surface area contributed by atoms with Gasteiger partial charge in [0.1, 0.15) is 0 Å². The summed E-state index contributed by atoms with van der Waals surface area (Å²) in [5.41, 5.74) is 6.19. The maximum Gasteiger partial charge on any atom is 0.228 e. The van der Waals surface area contributed by atoms with E-state index in [0.717, 1.165) is 6.42 Å². The monoisotopic (exact) mass is 226 g/mol. The number of rotatable bonds is 4. The molecule has 82 valence electrons. The Morgan fingerprint density at radius 1 is 1.60 bits per heavy atom. The number of anilines is 1. The topological polar surface area (TPSA) is 55.1 Å². The van der Waals surface area contributed by atoms with Gasteiger partial charge in [0.05, 0.1) is 5.92 Å². The summed E-state index contributed by atoms with van der Waals surface area (Å²) in [6.07, 6.45) is 0.739. The van der Waals surface area contributed by atoms with Crippen LogP contribution in [0.2, 0.25) is 5.02 Å². The summed E-state index contributed by atoms with van der Waals surface area (Å²) in [7, 11) is 0. The molecule has 1 unspecified atom stereocenters. The third kappa shape index (κ3) is 3.53. The molecule has 1 atom stereocenters. The molecule has 1 aromatic carbocycles. The number of halogens is 1. The molecule has 3 nitrogen and oxygen atoms in total. The molecule has 0 heterocycles. The van der Waals surface area contributed by atoms with Crippen LogP contribution in [-0.4, -0.2) is 12.5 Å². The highest BCUT2D eigenvalue weighted by Crippen LogP contribution is 2.16. The minimum Gasteiger partial charge on any atom is -0.330 e. The summed E-state index contributed by atoms with van der Waals surface area (Å²) >= 11 is 5.80. The van der Waals surface area contributed by atoms with E-state index < -0.39 is 0 Å². The van der Waals surface area contributed by atoms with Crippen molar-refractivity contribution in [2.24, 2.45) is 11.7 Å². The Bertz CT molecular complexity index is 337. The summed E-state index contributed by atoms with van der Waals surface area (Å²) in [5.74, 6) is -0.189. The first kappa shape index (κ1) is 12.0. The first-order chi connectivity index (χ1) is 7.17. The number of carbonyl (C=O) groups is 1. The first-order valence-electron chi connectivity index (χ1n) is 4.94. The largest absolute Gasteiger partial charge is 0.330 e. The SMILES string of the molecule is CCC(CN)C(=O)Nc1cccc(Cl)c1. The van der Waals surface area contributed by atoms with E-state index in [1.165, 1.54) is 0 Å². The Morgan fingerprint density at radius 2 is 2.33 bits per heavy atom. The fourth-order valence-electron chi connectivity index (χ4n) is 1.27. The molecule has 0 aliphatic carbocycles. The van der Waals surface area contributed by atoms with Gasteiger partial charge < -0.3 is 11.1 Å². The highest BCUT2D eigenvalue weighted by molar-refractivity contribution is 6.30. The van der Waals surface area contributed by atoms with Gasteiger partial charge in [0.2, 0.25) is 5.91 Å². The van der Waals surface area contributed by atoms with Crippen molar-refractivity contribution < 1.29 is 4.79 Å². The Balaban J connectivity index is 2.65. The van der Waals surface area contributed by atoms with Gasteiger partial charge in [-0.15, -0.1) is 0 Å². The summed E-state index contributed by atoms with van der Waals surface area (Å²) in [5, 5.41) is 3.39. The molecule has 4 heteroatoms. The van der Waals surface area contributed by atoms with E-state index in [1.54, 1.807) is 24.3 Å². The average Bonchev–Trinajstić information content (AvgIpc) is 2.19. The van der Waals surface area contributed by atoms with Gasteiger partial charge in [-0.05, 0) is 24.6 Å². The number of carbonyl (C=O) groups excluding carboxylic acids is 1. The number of hydrogen-bond donors (Lipinski definition) is 2. The molecule has 0 saturated heterocycles. The van der Waals surface area contributed by atoms with Gasteiger partial charge in [0.15, 0.2) is 0 Å². The fourth-order valence-corrected chi connectivity index (χ4v) is 1.46. The highest BCUT2D eigenvalue weighted by Gasteiger charge is 2.14. The Labute approximate surface area is 94.6 Å². The number of benzene rings is 1. The number of nitrogens with one attached hydrogen (secondary N) is 1. The Kier molecular flexibility index (Phi) is 4.59. The molecule has 0 aromatic heterocycles. The van der Waals surface area contributed by atoms with Gasteiger partial charge in [0, 0.05) is 17.3 Å². The van der Waals surface area contributed by atoms with Crippen molar-refractivity contribution in [3.05, 3.63) is 29.3 Å². The minimum atomic E-state index is -0.135. The van der Waals surface area contributed by atoms with Crippen LogP contribution in [0.15, 0.2) is 24.3 Å². The lowest BCUT2D eigenvalue weighted by atomic mass is 10.1. The molecule has 0 fully saturated rings. The van der Waals surface area contributed by atoms with Crippen LogP contribution in [0.1, 0.15) is 13.3 Å². The van der Waals surface area contributed by atoms with E-state index in [-0.39, 0.29) is 11.8 Å². The van der Waals surface area contributed by atoms with E-state index in [1.807, 2.05) is 6.92 Å². The second-order valence-corrected chi connectivity index (χ2v) is 3.78. The van der Waals surface area contributed by atoms with Crippen LogP contribution >= 0.6 is 11.6 Å². The van der Waals surface area contributed by atoms with E-state index in [4.69, 9.17) is 17.3 Å².